The van der Waals surface area contributed by atoms with Gasteiger partial charge in [0.05, 0.1) is 5.56 Å². The van der Waals surface area contributed by atoms with E-state index in [4.69, 9.17) is 0 Å². The molecule has 6 heteroatoms. The fourth-order valence-electron chi connectivity index (χ4n) is 2.19. The van der Waals surface area contributed by atoms with Crippen LogP contribution in [0.3, 0.4) is 0 Å². The Morgan fingerprint density at radius 2 is 1.88 bits per heavy atom. The van der Waals surface area contributed by atoms with Crippen molar-refractivity contribution in [3.8, 4) is 10.6 Å². The number of hydrogen-bond acceptors (Lipinski definition) is 5. The number of nitrogens with one attached hydrogen (secondary N) is 1. The lowest BCUT2D eigenvalue weighted by atomic mass is 10.2. The van der Waals surface area contributed by atoms with E-state index in [0.29, 0.717) is 10.7 Å². The second-order valence-electron chi connectivity index (χ2n) is 5.16. The maximum atomic E-state index is 12.5. The Labute approximate surface area is 149 Å². The summed E-state index contributed by atoms with van der Waals surface area (Å²) in [6.07, 6.45) is 0. The van der Waals surface area contributed by atoms with Crippen molar-refractivity contribution in [3.63, 3.8) is 0 Å². The second kappa shape index (κ2) is 7.59. The molecular formula is C18H17N3OS2. The van der Waals surface area contributed by atoms with Crippen molar-refractivity contribution in [2.24, 2.45) is 0 Å². The number of amides is 1. The van der Waals surface area contributed by atoms with Crippen LogP contribution in [0.15, 0.2) is 53.4 Å². The smallest absolute Gasteiger partial charge is 0.258 e. The number of aromatic nitrogens is 2. The molecule has 24 heavy (non-hydrogen) atoms. The van der Waals surface area contributed by atoms with Gasteiger partial charge in [-0.25, -0.2) is 0 Å². The number of hydrogen-bond donors (Lipinski definition) is 1. The van der Waals surface area contributed by atoms with Gasteiger partial charge in [-0.05, 0) is 24.8 Å². The molecule has 0 atom stereocenters. The molecule has 4 nitrogen and oxygen atoms in total. The van der Waals surface area contributed by atoms with Crippen LogP contribution >= 0.6 is 23.1 Å². The zero-order valence-corrected chi connectivity index (χ0v) is 15.1. The number of nitrogens with zero attached hydrogens (tertiary/aromatic N) is 2. The molecule has 0 aliphatic rings. The standard InChI is InChI=1S/C18H17N3OS2/c1-3-23-15-7-5-4-6-14(15)16(22)19-18-21-20-17(24-18)13-10-8-12(2)9-11-13/h4-11H,3H2,1-2H3,(H,19,21,22). The first-order valence-electron chi connectivity index (χ1n) is 7.61. The molecule has 0 radical (unpaired) electrons. The van der Waals surface area contributed by atoms with Crippen LogP contribution in [0.25, 0.3) is 10.6 Å². The lowest BCUT2D eigenvalue weighted by Gasteiger charge is -2.06. The molecule has 0 saturated heterocycles. The minimum Gasteiger partial charge on any atom is -0.296 e. The largest absolute Gasteiger partial charge is 0.296 e. The Morgan fingerprint density at radius 3 is 2.62 bits per heavy atom. The summed E-state index contributed by atoms with van der Waals surface area (Å²) in [5.41, 5.74) is 2.86. The van der Waals surface area contributed by atoms with Gasteiger partial charge < -0.3 is 0 Å². The predicted molar refractivity (Wildman–Crippen MR) is 101 cm³/mol. The van der Waals surface area contributed by atoms with Gasteiger partial charge in [-0.15, -0.1) is 22.0 Å². The number of benzene rings is 2. The molecule has 3 rings (SSSR count). The molecule has 1 N–H and O–H groups in total. The van der Waals surface area contributed by atoms with E-state index >= 15 is 0 Å². The number of carbonyl (C=O) groups excluding carboxylic acids is 1. The number of anilines is 1. The molecule has 0 bridgehead atoms. The fourth-order valence-corrected chi connectivity index (χ4v) is 3.73. The van der Waals surface area contributed by atoms with Gasteiger partial charge in [-0.1, -0.05) is 60.2 Å². The van der Waals surface area contributed by atoms with Crippen LogP contribution in [0.4, 0.5) is 5.13 Å². The van der Waals surface area contributed by atoms with Gasteiger partial charge in [0.25, 0.3) is 5.91 Å². The zero-order valence-electron chi connectivity index (χ0n) is 13.4. The van der Waals surface area contributed by atoms with Crippen LogP contribution in [0.2, 0.25) is 0 Å². The van der Waals surface area contributed by atoms with E-state index in [1.165, 1.54) is 16.9 Å². The number of aryl methyl sites for hydroxylation is 1. The van der Waals surface area contributed by atoms with E-state index in [1.807, 2.05) is 55.5 Å². The summed E-state index contributed by atoms with van der Waals surface area (Å²) in [6.45, 7) is 4.11. The van der Waals surface area contributed by atoms with Crippen LogP contribution in [-0.4, -0.2) is 21.9 Å². The van der Waals surface area contributed by atoms with Crippen LogP contribution in [0.5, 0.6) is 0 Å². The summed E-state index contributed by atoms with van der Waals surface area (Å²) < 4.78 is 0. The Bertz CT molecular complexity index is 843. The normalized spacial score (nSPS) is 10.6. The van der Waals surface area contributed by atoms with Crippen LogP contribution in [-0.2, 0) is 0 Å². The highest BCUT2D eigenvalue weighted by Crippen LogP contribution is 2.28. The molecule has 3 aromatic rings. The maximum absolute atomic E-state index is 12.5. The minimum atomic E-state index is -0.154. The molecule has 0 unspecified atom stereocenters. The van der Waals surface area contributed by atoms with E-state index in [0.717, 1.165) is 21.2 Å². The summed E-state index contributed by atoms with van der Waals surface area (Å²) in [4.78, 5) is 13.5. The fraction of sp³-hybridized carbons (Fsp3) is 0.167. The van der Waals surface area contributed by atoms with Gasteiger partial charge >= 0.3 is 0 Å². The van der Waals surface area contributed by atoms with Crippen molar-refractivity contribution in [1.82, 2.24) is 10.2 Å². The average molecular weight is 355 g/mol. The molecule has 1 aromatic heterocycles. The second-order valence-corrected chi connectivity index (χ2v) is 7.45. The number of carbonyl (C=O) groups is 1. The summed E-state index contributed by atoms with van der Waals surface area (Å²) >= 11 is 3.02. The maximum Gasteiger partial charge on any atom is 0.258 e. The number of thioether (sulfide) groups is 1. The van der Waals surface area contributed by atoms with Crippen molar-refractivity contribution in [2.75, 3.05) is 11.1 Å². The van der Waals surface area contributed by atoms with E-state index in [2.05, 4.69) is 22.4 Å². The molecule has 0 spiro atoms. The van der Waals surface area contributed by atoms with Gasteiger partial charge in [0, 0.05) is 10.5 Å². The van der Waals surface area contributed by atoms with Crippen LogP contribution < -0.4 is 5.32 Å². The van der Waals surface area contributed by atoms with Crippen molar-refractivity contribution in [2.45, 2.75) is 18.7 Å². The van der Waals surface area contributed by atoms with Gasteiger partial charge in [-0.2, -0.15) is 0 Å². The molecule has 1 heterocycles. The Morgan fingerprint density at radius 1 is 1.12 bits per heavy atom. The highest BCUT2D eigenvalue weighted by atomic mass is 32.2. The highest BCUT2D eigenvalue weighted by Gasteiger charge is 2.14. The molecule has 0 aliphatic carbocycles. The van der Waals surface area contributed by atoms with Crippen molar-refractivity contribution in [1.29, 1.82) is 0 Å². The first-order chi connectivity index (χ1) is 11.7. The lowest BCUT2D eigenvalue weighted by Crippen LogP contribution is -2.12. The van der Waals surface area contributed by atoms with E-state index in [9.17, 15) is 4.79 Å². The van der Waals surface area contributed by atoms with Gasteiger partial charge in [0.1, 0.15) is 5.01 Å². The molecule has 0 fully saturated rings. The monoisotopic (exact) mass is 355 g/mol. The third-order valence-corrected chi connectivity index (χ3v) is 5.22. The highest BCUT2D eigenvalue weighted by molar-refractivity contribution is 7.99. The third-order valence-electron chi connectivity index (χ3n) is 3.38. The first kappa shape index (κ1) is 16.7. The molecular weight excluding hydrogens is 338 g/mol. The first-order valence-corrected chi connectivity index (χ1v) is 9.41. The minimum absolute atomic E-state index is 0.154. The SMILES string of the molecule is CCSc1ccccc1C(=O)Nc1nnc(-c2ccc(C)cc2)s1. The predicted octanol–water partition coefficient (Wildman–Crippen LogP) is 4.88. The zero-order chi connectivity index (χ0) is 16.9. The van der Waals surface area contributed by atoms with Crippen molar-refractivity contribution < 1.29 is 4.79 Å². The van der Waals surface area contributed by atoms with Crippen molar-refractivity contribution >= 4 is 34.1 Å². The van der Waals surface area contributed by atoms with E-state index in [-0.39, 0.29) is 5.91 Å². The average Bonchev–Trinajstić information content (AvgIpc) is 3.05. The Kier molecular flexibility index (Phi) is 5.27. The van der Waals surface area contributed by atoms with Gasteiger partial charge in [-0.3, -0.25) is 10.1 Å². The molecule has 0 saturated carbocycles. The topological polar surface area (TPSA) is 54.9 Å². The van der Waals surface area contributed by atoms with Gasteiger partial charge in [0.15, 0.2) is 0 Å². The molecule has 122 valence electrons. The quantitative estimate of drug-likeness (QED) is 0.663. The van der Waals surface area contributed by atoms with E-state index in [1.54, 1.807) is 11.8 Å². The third kappa shape index (κ3) is 3.83. The van der Waals surface area contributed by atoms with E-state index < -0.39 is 0 Å². The molecule has 1 amide bonds. The summed E-state index contributed by atoms with van der Waals surface area (Å²) in [7, 11) is 0. The van der Waals surface area contributed by atoms with Crippen LogP contribution in [0, 0.1) is 6.92 Å². The summed E-state index contributed by atoms with van der Waals surface area (Å²) in [5, 5.41) is 12.4. The summed E-state index contributed by atoms with van der Waals surface area (Å²) in [6, 6.07) is 15.7. The number of rotatable bonds is 5. The Balaban J connectivity index is 1.77. The van der Waals surface area contributed by atoms with Crippen LogP contribution in [0.1, 0.15) is 22.8 Å². The molecule has 0 aliphatic heterocycles. The van der Waals surface area contributed by atoms with Crippen molar-refractivity contribution in [3.05, 3.63) is 59.7 Å². The van der Waals surface area contributed by atoms with Gasteiger partial charge in [0.2, 0.25) is 5.13 Å². The lowest BCUT2D eigenvalue weighted by molar-refractivity contribution is 0.102. The Hall–Kier alpha value is -2.18. The summed E-state index contributed by atoms with van der Waals surface area (Å²) in [5.74, 6) is 0.763. The molecule has 2 aromatic carbocycles.